The molecule has 1 amide bonds. The minimum atomic E-state index is -1.16. The van der Waals surface area contributed by atoms with Crippen LogP contribution in [-0.4, -0.2) is 22.8 Å². The van der Waals surface area contributed by atoms with Crippen molar-refractivity contribution in [1.29, 1.82) is 0 Å². The smallest absolute Gasteiger partial charge is 0.408 e. The number of aliphatic carboxylic acids is 1. The molecule has 0 aromatic heterocycles. The molecule has 6 heteroatoms. The summed E-state index contributed by atoms with van der Waals surface area (Å²) in [6, 6.07) is 5.51. The minimum Gasteiger partial charge on any atom is -0.479 e. The van der Waals surface area contributed by atoms with Gasteiger partial charge in [0.25, 0.3) is 0 Å². The standard InChI is InChI=1S/C14H18ClNO4/c1-14(2,3)20-13(19)16-11(12(17)18)10-6-4-9(8-15)5-7-10/h4-7,11H,8H2,1-3H3,(H,16,19)(H,17,18). The summed E-state index contributed by atoms with van der Waals surface area (Å²) >= 11 is 5.67. The van der Waals surface area contributed by atoms with E-state index in [1.807, 2.05) is 0 Å². The van der Waals surface area contributed by atoms with Gasteiger partial charge in [0.15, 0.2) is 6.04 Å². The number of carbonyl (C=O) groups is 2. The molecule has 0 aliphatic heterocycles. The van der Waals surface area contributed by atoms with E-state index in [-0.39, 0.29) is 0 Å². The van der Waals surface area contributed by atoms with Crippen LogP contribution in [0.5, 0.6) is 0 Å². The highest BCUT2D eigenvalue weighted by Gasteiger charge is 2.25. The first kappa shape index (κ1) is 16.3. The number of carboxylic acid groups (broad SMARTS) is 1. The number of benzene rings is 1. The number of amides is 1. The second-order valence-electron chi connectivity index (χ2n) is 5.29. The number of nitrogens with one attached hydrogen (secondary N) is 1. The van der Waals surface area contributed by atoms with Crippen LogP contribution in [0, 0.1) is 0 Å². The first-order valence-corrected chi connectivity index (χ1v) is 6.63. The van der Waals surface area contributed by atoms with E-state index in [1.165, 1.54) is 0 Å². The Morgan fingerprint density at radius 2 is 1.85 bits per heavy atom. The van der Waals surface area contributed by atoms with Crippen LogP contribution in [0.3, 0.4) is 0 Å². The molecule has 1 rings (SSSR count). The van der Waals surface area contributed by atoms with Gasteiger partial charge in [0.1, 0.15) is 5.60 Å². The SMILES string of the molecule is CC(C)(C)OC(=O)NC(C(=O)O)c1ccc(CCl)cc1. The molecule has 0 bridgehead atoms. The third-order valence-electron chi connectivity index (χ3n) is 2.38. The van der Waals surface area contributed by atoms with Gasteiger partial charge in [-0.25, -0.2) is 9.59 Å². The lowest BCUT2D eigenvalue weighted by molar-refractivity contribution is -0.139. The fourth-order valence-electron chi connectivity index (χ4n) is 1.51. The summed E-state index contributed by atoms with van der Waals surface area (Å²) in [6.45, 7) is 5.12. The Balaban J connectivity index is 2.83. The summed E-state index contributed by atoms with van der Waals surface area (Å²) in [7, 11) is 0. The molecule has 0 saturated carbocycles. The summed E-state index contributed by atoms with van der Waals surface area (Å²) in [5.74, 6) is -0.813. The number of rotatable bonds is 4. The van der Waals surface area contributed by atoms with E-state index in [9.17, 15) is 14.7 Å². The molecular weight excluding hydrogens is 282 g/mol. The molecule has 0 aliphatic carbocycles. The second kappa shape index (κ2) is 6.61. The third-order valence-corrected chi connectivity index (χ3v) is 2.68. The largest absolute Gasteiger partial charge is 0.479 e. The number of ether oxygens (including phenoxy) is 1. The highest BCUT2D eigenvalue weighted by molar-refractivity contribution is 6.17. The average Bonchev–Trinajstić information content (AvgIpc) is 2.34. The van der Waals surface area contributed by atoms with Crippen LogP contribution >= 0.6 is 11.6 Å². The van der Waals surface area contributed by atoms with Crippen molar-refractivity contribution in [3.05, 3.63) is 35.4 Å². The molecule has 0 saturated heterocycles. The monoisotopic (exact) mass is 299 g/mol. The van der Waals surface area contributed by atoms with Crippen molar-refractivity contribution in [2.75, 3.05) is 0 Å². The van der Waals surface area contributed by atoms with Crippen LogP contribution in [0.2, 0.25) is 0 Å². The Hall–Kier alpha value is -1.75. The van der Waals surface area contributed by atoms with Crippen LogP contribution in [-0.2, 0) is 15.4 Å². The van der Waals surface area contributed by atoms with Gasteiger partial charge >= 0.3 is 12.1 Å². The van der Waals surface area contributed by atoms with Crippen LogP contribution in [0.1, 0.15) is 37.9 Å². The second-order valence-corrected chi connectivity index (χ2v) is 5.56. The topological polar surface area (TPSA) is 75.6 Å². The van der Waals surface area contributed by atoms with E-state index in [1.54, 1.807) is 45.0 Å². The molecule has 1 aromatic carbocycles. The van der Waals surface area contributed by atoms with Gasteiger partial charge < -0.3 is 15.2 Å². The lowest BCUT2D eigenvalue weighted by Gasteiger charge is -2.22. The maximum absolute atomic E-state index is 11.7. The molecule has 110 valence electrons. The molecule has 0 aliphatic rings. The van der Waals surface area contributed by atoms with Crippen molar-refractivity contribution in [1.82, 2.24) is 5.32 Å². The average molecular weight is 300 g/mol. The Labute approximate surface area is 122 Å². The number of hydrogen-bond donors (Lipinski definition) is 2. The van der Waals surface area contributed by atoms with Gasteiger partial charge in [0, 0.05) is 5.88 Å². The fraction of sp³-hybridized carbons (Fsp3) is 0.429. The quantitative estimate of drug-likeness (QED) is 0.838. The summed E-state index contributed by atoms with van der Waals surface area (Å²) in [5.41, 5.74) is 0.643. The van der Waals surface area contributed by atoms with Crippen molar-refractivity contribution >= 4 is 23.7 Å². The minimum absolute atomic E-state index is 0.345. The number of halogens is 1. The summed E-state index contributed by atoms with van der Waals surface area (Å²) in [6.07, 6.45) is -0.772. The predicted molar refractivity (Wildman–Crippen MR) is 75.7 cm³/mol. The van der Waals surface area contributed by atoms with E-state index in [2.05, 4.69) is 5.32 Å². The first-order chi connectivity index (χ1) is 9.23. The van der Waals surface area contributed by atoms with E-state index in [0.29, 0.717) is 11.4 Å². The van der Waals surface area contributed by atoms with Crippen molar-refractivity contribution in [3.63, 3.8) is 0 Å². The molecule has 1 unspecified atom stereocenters. The van der Waals surface area contributed by atoms with Crippen LogP contribution in [0.15, 0.2) is 24.3 Å². The number of carbonyl (C=O) groups excluding carboxylic acids is 1. The van der Waals surface area contributed by atoms with E-state index in [0.717, 1.165) is 5.56 Å². The predicted octanol–water partition coefficient (Wildman–Crippen LogP) is 3.08. The van der Waals surface area contributed by atoms with Gasteiger partial charge in [-0.05, 0) is 31.9 Å². The molecule has 5 nitrogen and oxygen atoms in total. The third kappa shape index (κ3) is 5.09. The Morgan fingerprint density at radius 3 is 2.25 bits per heavy atom. The highest BCUT2D eigenvalue weighted by Crippen LogP contribution is 2.16. The van der Waals surface area contributed by atoms with Gasteiger partial charge in [-0.3, -0.25) is 0 Å². The van der Waals surface area contributed by atoms with Gasteiger partial charge in [-0.15, -0.1) is 11.6 Å². The molecule has 20 heavy (non-hydrogen) atoms. The zero-order valence-electron chi connectivity index (χ0n) is 11.6. The molecular formula is C14H18ClNO4. The van der Waals surface area contributed by atoms with E-state index in [4.69, 9.17) is 16.3 Å². The van der Waals surface area contributed by atoms with Gasteiger partial charge in [0.2, 0.25) is 0 Å². The van der Waals surface area contributed by atoms with Crippen LogP contribution in [0.4, 0.5) is 4.79 Å². The van der Waals surface area contributed by atoms with Crippen LogP contribution in [0.25, 0.3) is 0 Å². The molecule has 0 radical (unpaired) electrons. The lowest BCUT2D eigenvalue weighted by atomic mass is 10.1. The highest BCUT2D eigenvalue weighted by atomic mass is 35.5. The zero-order valence-corrected chi connectivity index (χ0v) is 12.4. The molecule has 0 heterocycles. The van der Waals surface area contributed by atoms with Crippen molar-refractivity contribution < 1.29 is 19.4 Å². The first-order valence-electron chi connectivity index (χ1n) is 6.10. The normalized spacial score (nSPS) is 12.6. The van der Waals surface area contributed by atoms with Gasteiger partial charge in [-0.1, -0.05) is 24.3 Å². The van der Waals surface area contributed by atoms with E-state index < -0.39 is 23.7 Å². The maximum Gasteiger partial charge on any atom is 0.408 e. The molecule has 0 spiro atoms. The van der Waals surface area contributed by atoms with Gasteiger partial charge in [-0.2, -0.15) is 0 Å². The fourth-order valence-corrected chi connectivity index (χ4v) is 1.69. The zero-order chi connectivity index (χ0) is 15.3. The summed E-state index contributed by atoms with van der Waals surface area (Å²) in [4.78, 5) is 22.9. The summed E-state index contributed by atoms with van der Waals surface area (Å²) < 4.78 is 5.05. The molecule has 2 N–H and O–H groups in total. The lowest BCUT2D eigenvalue weighted by Crippen LogP contribution is -2.38. The molecule has 0 fully saturated rings. The Morgan fingerprint density at radius 1 is 1.30 bits per heavy atom. The Bertz CT molecular complexity index is 479. The Kier molecular flexibility index (Phi) is 5.39. The summed E-state index contributed by atoms with van der Waals surface area (Å²) in [5, 5.41) is 11.5. The van der Waals surface area contributed by atoms with Gasteiger partial charge in [0.05, 0.1) is 0 Å². The number of alkyl carbamates (subject to hydrolysis) is 1. The van der Waals surface area contributed by atoms with Crippen molar-refractivity contribution in [2.24, 2.45) is 0 Å². The number of alkyl halides is 1. The van der Waals surface area contributed by atoms with Crippen molar-refractivity contribution in [2.45, 2.75) is 38.3 Å². The van der Waals surface area contributed by atoms with E-state index >= 15 is 0 Å². The van der Waals surface area contributed by atoms with Crippen LogP contribution < -0.4 is 5.32 Å². The number of carboxylic acids is 1. The number of hydrogen-bond acceptors (Lipinski definition) is 3. The molecule has 1 atom stereocenters. The molecule has 1 aromatic rings. The maximum atomic E-state index is 11.7. The van der Waals surface area contributed by atoms with Crippen molar-refractivity contribution in [3.8, 4) is 0 Å².